The summed E-state index contributed by atoms with van der Waals surface area (Å²) in [6, 6.07) is 12.5. The second kappa shape index (κ2) is 7.13. The highest BCUT2D eigenvalue weighted by molar-refractivity contribution is 7.89. The molecule has 0 fully saturated rings. The van der Waals surface area contributed by atoms with Crippen molar-refractivity contribution in [2.75, 3.05) is 13.2 Å². The molecule has 0 radical (unpaired) electrons. The number of hydrogen-bond donors (Lipinski definition) is 1. The summed E-state index contributed by atoms with van der Waals surface area (Å²) in [6.07, 6.45) is 0. The van der Waals surface area contributed by atoms with Crippen LogP contribution in [-0.4, -0.2) is 21.6 Å². The summed E-state index contributed by atoms with van der Waals surface area (Å²) in [5.74, 6) is 0.709. The molecule has 0 aromatic heterocycles. The number of rotatable bonds is 6. The lowest BCUT2D eigenvalue weighted by Crippen LogP contribution is -2.28. The Bertz CT molecular complexity index is 745. The van der Waals surface area contributed by atoms with Gasteiger partial charge in [-0.05, 0) is 49.2 Å². The quantitative estimate of drug-likeness (QED) is 0.821. The minimum atomic E-state index is -3.57. The summed E-state index contributed by atoms with van der Waals surface area (Å²) in [5, 5.41) is 0.559. The van der Waals surface area contributed by atoms with Crippen LogP contribution in [0.25, 0.3) is 0 Å². The minimum absolute atomic E-state index is 0.193. The third-order valence-corrected chi connectivity index (χ3v) is 5.16. The average Bonchev–Trinajstić information content (AvgIpc) is 2.48. The van der Waals surface area contributed by atoms with Crippen molar-refractivity contribution in [3.63, 3.8) is 0 Å². The van der Waals surface area contributed by atoms with Gasteiger partial charge in [-0.2, -0.15) is 0 Å². The third kappa shape index (κ3) is 4.22. The molecule has 2 aromatic carbocycles. The molecule has 0 saturated carbocycles. The topological polar surface area (TPSA) is 55.4 Å². The molecular weight excluding hydrogens is 322 g/mol. The molecule has 6 heteroatoms. The van der Waals surface area contributed by atoms with Gasteiger partial charge < -0.3 is 4.74 Å². The molecule has 0 aliphatic heterocycles. The van der Waals surface area contributed by atoms with E-state index in [1.807, 2.05) is 30.3 Å². The van der Waals surface area contributed by atoms with Crippen LogP contribution >= 0.6 is 11.6 Å². The summed E-state index contributed by atoms with van der Waals surface area (Å²) in [7, 11) is -3.57. The van der Waals surface area contributed by atoms with E-state index in [0.29, 0.717) is 16.3 Å². The standard InChI is InChI=1S/C16H18ClNO3S/c1-12-11-16(13(2)10-15(12)17)22(19,20)18-8-9-21-14-6-4-3-5-7-14/h3-7,10-11,18H,8-9H2,1-2H3. The van der Waals surface area contributed by atoms with Gasteiger partial charge in [-0.25, -0.2) is 13.1 Å². The van der Waals surface area contributed by atoms with Gasteiger partial charge in [0.1, 0.15) is 12.4 Å². The maximum atomic E-state index is 12.3. The second-order valence-corrected chi connectivity index (χ2v) is 7.07. The van der Waals surface area contributed by atoms with Gasteiger partial charge in [0, 0.05) is 11.6 Å². The van der Waals surface area contributed by atoms with E-state index in [1.54, 1.807) is 26.0 Å². The summed E-state index contributed by atoms with van der Waals surface area (Å²) in [5.41, 5.74) is 1.35. The Hall–Kier alpha value is -1.56. The number of benzene rings is 2. The molecule has 22 heavy (non-hydrogen) atoms. The Morgan fingerprint density at radius 3 is 2.45 bits per heavy atom. The van der Waals surface area contributed by atoms with Crippen LogP contribution in [0.15, 0.2) is 47.4 Å². The van der Waals surface area contributed by atoms with Crippen molar-refractivity contribution in [3.05, 3.63) is 58.6 Å². The fourth-order valence-electron chi connectivity index (χ4n) is 1.98. The van der Waals surface area contributed by atoms with Gasteiger partial charge >= 0.3 is 0 Å². The zero-order valence-electron chi connectivity index (χ0n) is 12.5. The van der Waals surface area contributed by atoms with E-state index in [-0.39, 0.29) is 18.0 Å². The van der Waals surface area contributed by atoms with Crippen molar-refractivity contribution in [1.82, 2.24) is 4.72 Å². The predicted molar refractivity (Wildman–Crippen MR) is 88.1 cm³/mol. The second-order valence-electron chi connectivity index (χ2n) is 4.93. The van der Waals surface area contributed by atoms with Crippen molar-refractivity contribution in [3.8, 4) is 5.75 Å². The molecule has 1 N–H and O–H groups in total. The van der Waals surface area contributed by atoms with Crippen molar-refractivity contribution in [2.24, 2.45) is 0 Å². The Kier molecular flexibility index (Phi) is 5.45. The smallest absolute Gasteiger partial charge is 0.240 e. The van der Waals surface area contributed by atoms with Crippen LogP contribution in [-0.2, 0) is 10.0 Å². The molecule has 2 aromatic rings. The Morgan fingerprint density at radius 2 is 1.77 bits per heavy atom. The first-order valence-corrected chi connectivity index (χ1v) is 8.70. The molecule has 118 valence electrons. The van der Waals surface area contributed by atoms with Crippen LogP contribution in [0, 0.1) is 13.8 Å². The van der Waals surface area contributed by atoms with E-state index in [2.05, 4.69) is 4.72 Å². The van der Waals surface area contributed by atoms with E-state index in [0.717, 1.165) is 5.56 Å². The number of ether oxygens (including phenoxy) is 1. The van der Waals surface area contributed by atoms with Crippen molar-refractivity contribution >= 4 is 21.6 Å². The molecule has 0 spiro atoms. The first-order chi connectivity index (χ1) is 10.4. The SMILES string of the molecule is Cc1cc(S(=O)(=O)NCCOc2ccccc2)c(C)cc1Cl. The monoisotopic (exact) mass is 339 g/mol. The Morgan fingerprint density at radius 1 is 1.09 bits per heavy atom. The van der Waals surface area contributed by atoms with Crippen LogP contribution in [0.5, 0.6) is 5.75 Å². The van der Waals surface area contributed by atoms with Crippen LogP contribution in [0.2, 0.25) is 5.02 Å². The number of hydrogen-bond acceptors (Lipinski definition) is 3. The van der Waals surface area contributed by atoms with Gasteiger partial charge in [0.05, 0.1) is 4.90 Å². The number of nitrogens with one attached hydrogen (secondary N) is 1. The number of para-hydroxylation sites is 1. The van der Waals surface area contributed by atoms with E-state index in [9.17, 15) is 8.42 Å². The normalized spacial score (nSPS) is 11.4. The molecule has 0 aliphatic carbocycles. The summed E-state index contributed by atoms with van der Waals surface area (Å²) < 4.78 is 32.6. The van der Waals surface area contributed by atoms with Gasteiger partial charge in [-0.3, -0.25) is 0 Å². The lowest BCUT2D eigenvalue weighted by atomic mass is 10.2. The predicted octanol–water partition coefficient (Wildman–Crippen LogP) is 3.31. The lowest BCUT2D eigenvalue weighted by Gasteiger charge is -2.12. The molecule has 2 rings (SSSR count). The van der Waals surface area contributed by atoms with E-state index >= 15 is 0 Å². The summed E-state index contributed by atoms with van der Waals surface area (Å²) in [4.78, 5) is 0.245. The fraction of sp³-hybridized carbons (Fsp3) is 0.250. The third-order valence-electron chi connectivity index (χ3n) is 3.15. The van der Waals surface area contributed by atoms with Gasteiger partial charge in [0.15, 0.2) is 0 Å². The van der Waals surface area contributed by atoms with Gasteiger partial charge in [0.25, 0.3) is 0 Å². The molecule has 0 bridgehead atoms. The van der Waals surface area contributed by atoms with Crippen LogP contribution in [0.3, 0.4) is 0 Å². The van der Waals surface area contributed by atoms with Crippen LogP contribution in [0.4, 0.5) is 0 Å². The van der Waals surface area contributed by atoms with Crippen molar-refractivity contribution in [1.29, 1.82) is 0 Å². The number of aryl methyl sites for hydroxylation is 2. The molecule has 4 nitrogen and oxygen atoms in total. The first kappa shape index (κ1) is 16.8. The van der Waals surface area contributed by atoms with Crippen molar-refractivity contribution in [2.45, 2.75) is 18.7 Å². The van der Waals surface area contributed by atoms with Gasteiger partial charge in [-0.1, -0.05) is 29.8 Å². The summed E-state index contributed by atoms with van der Waals surface area (Å²) >= 11 is 6.00. The minimum Gasteiger partial charge on any atom is -0.492 e. The highest BCUT2D eigenvalue weighted by Crippen LogP contribution is 2.23. The maximum absolute atomic E-state index is 12.3. The number of sulfonamides is 1. The Balaban J connectivity index is 1.98. The van der Waals surface area contributed by atoms with E-state index in [4.69, 9.17) is 16.3 Å². The molecule has 0 heterocycles. The molecular formula is C16H18ClNO3S. The highest BCUT2D eigenvalue weighted by Gasteiger charge is 2.17. The molecule has 0 saturated heterocycles. The first-order valence-electron chi connectivity index (χ1n) is 6.84. The van der Waals surface area contributed by atoms with E-state index < -0.39 is 10.0 Å². The molecule has 0 unspecified atom stereocenters. The number of halogens is 1. The Labute approximate surface area is 136 Å². The maximum Gasteiger partial charge on any atom is 0.240 e. The zero-order chi connectivity index (χ0) is 16.2. The van der Waals surface area contributed by atoms with Crippen LogP contribution in [0.1, 0.15) is 11.1 Å². The largest absolute Gasteiger partial charge is 0.492 e. The van der Waals surface area contributed by atoms with Gasteiger partial charge in [0.2, 0.25) is 10.0 Å². The van der Waals surface area contributed by atoms with Crippen LogP contribution < -0.4 is 9.46 Å². The van der Waals surface area contributed by atoms with Gasteiger partial charge in [-0.15, -0.1) is 0 Å². The van der Waals surface area contributed by atoms with E-state index in [1.165, 1.54) is 0 Å². The summed E-state index contributed by atoms with van der Waals surface area (Å²) in [6.45, 7) is 3.95. The molecule has 0 aliphatic rings. The zero-order valence-corrected chi connectivity index (χ0v) is 14.0. The van der Waals surface area contributed by atoms with Crippen molar-refractivity contribution < 1.29 is 13.2 Å². The molecule has 0 atom stereocenters. The average molecular weight is 340 g/mol. The highest BCUT2D eigenvalue weighted by atomic mass is 35.5. The fourth-order valence-corrected chi connectivity index (χ4v) is 3.52. The lowest BCUT2D eigenvalue weighted by molar-refractivity contribution is 0.323. The molecule has 0 amide bonds.